The summed E-state index contributed by atoms with van der Waals surface area (Å²) >= 11 is 0. The first-order valence-electron chi connectivity index (χ1n) is 10.7. The molecule has 0 bridgehead atoms. The van der Waals surface area contributed by atoms with Crippen molar-refractivity contribution >= 4 is 11.8 Å². The molecule has 0 saturated heterocycles. The number of aromatic nitrogens is 2. The Balaban J connectivity index is 2.13. The molecular formula is C23H32FN5O3. The second kappa shape index (κ2) is 9.28. The van der Waals surface area contributed by atoms with Gasteiger partial charge in [-0.25, -0.2) is 9.37 Å². The normalized spacial score (nSPS) is 15.5. The van der Waals surface area contributed by atoms with Gasteiger partial charge < -0.3 is 24.8 Å². The Morgan fingerprint density at radius 3 is 2.59 bits per heavy atom. The molecule has 9 heteroatoms. The van der Waals surface area contributed by atoms with Gasteiger partial charge in [0.15, 0.2) is 5.69 Å². The van der Waals surface area contributed by atoms with Gasteiger partial charge in [0.2, 0.25) is 5.91 Å². The molecule has 0 radical (unpaired) electrons. The molecular weight excluding hydrogens is 413 g/mol. The van der Waals surface area contributed by atoms with Crippen LogP contribution in [-0.2, 0) is 17.9 Å². The molecule has 174 valence electrons. The predicted molar refractivity (Wildman–Crippen MR) is 120 cm³/mol. The van der Waals surface area contributed by atoms with Gasteiger partial charge in [0.1, 0.15) is 23.4 Å². The van der Waals surface area contributed by atoms with Gasteiger partial charge in [-0.1, -0.05) is 26.8 Å². The van der Waals surface area contributed by atoms with Crippen molar-refractivity contribution in [3.8, 4) is 17.1 Å². The van der Waals surface area contributed by atoms with Gasteiger partial charge in [0.05, 0.1) is 18.4 Å². The fraction of sp³-hybridized carbons (Fsp3) is 0.522. The van der Waals surface area contributed by atoms with E-state index in [-0.39, 0.29) is 17.2 Å². The molecule has 2 aromatic rings. The highest BCUT2D eigenvalue weighted by molar-refractivity contribution is 5.98. The van der Waals surface area contributed by atoms with E-state index in [1.54, 1.807) is 12.1 Å². The van der Waals surface area contributed by atoms with Gasteiger partial charge in [-0.15, -0.1) is 0 Å². The number of likely N-dealkylation sites (N-methyl/N-ethyl adjacent to an activating group) is 1. The zero-order valence-corrected chi connectivity index (χ0v) is 19.6. The first kappa shape index (κ1) is 23.7. The van der Waals surface area contributed by atoms with Crippen LogP contribution < -0.4 is 15.4 Å². The van der Waals surface area contributed by atoms with Crippen LogP contribution in [0.2, 0.25) is 0 Å². The number of fused-ring (bicyclic) bond motifs is 1. The number of hydrogen-bond acceptors (Lipinski definition) is 5. The van der Waals surface area contributed by atoms with E-state index in [4.69, 9.17) is 4.74 Å². The molecule has 8 nitrogen and oxygen atoms in total. The first-order chi connectivity index (χ1) is 15.1. The van der Waals surface area contributed by atoms with Gasteiger partial charge >= 0.3 is 0 Å². The summed E-state index contributed by atoms with van der Waals surface area (Å²) in [7, 11) is 4.98. The number of ether oxygens (including phenoxy) is 1. The van der Waals surface area contributed by atoms with Crippen LogP contribution in [0.4, 0.5) is 4.39 Å². The van der Waals surface area contributed by atoms with Crippen LogP contribution in [0.5, 0.6) is 5.75 Å². The molecule has 0 spiro atoms. The predicted octanol–water partition coefficient (Wildman–Crippen LogP) is 2.42. The van der Waals surface area contributed by atoms with Gasteiger partial charge in [-0.2, -0.15) is 0 Å². The highest BCUT2D eigenvalue weighted by Crippen LogP contribution is 2.34. The van der Waals surface area contributed by atoms with E-state index < -0.39 is 23.2 Å². The molecule has 0 saturated carbocycles. The monoisotopic (exact) mass is 445 g/mol. The molecule has 2 N–H and O–H groups in total. The van der Waals surface area contributed by atoms with Crippen molar-refractivity contribution < 1.29 is 18.7 Å². The number of methoxy groups -OCH3 is 1. The summed E-state index contributed by atoms with van der Waals surface area (Å²) in [4.78, 5) is 32.5. The highest BCUT2D eigenvalue weighted by Gasteiger charge is 2.35. The van der Waals surface area contributed by atoms with Gasteiger partial charge in [0.25, 0.3) is 5.91 Å². The summed E-state index contributed by atoms with van der Waals surface area (Å²) in [6, 6.07) is 3.84. The molecule has 2 heterocycles. The van der Waals surface area contributed by atoms with Crippen LogP contribution in [0.25, 0.3) is 11.4 Å². The molecule has 32 heavy (non-hydrogen) atoms. The third-order valence-electron chi connectivity index (χ3n) is 5.70. The standard InChI is InChI=1S/C23H32FN5O3/c1-23(2,3)19(22(31)25-4)27-21(30)18-15-13-28(5)11-8-12-29(15)20(26-18)17-14(24)9-7-10-16(17)32-6/h7,9-10,19H,8,11-13H2,1-6H3,(H,25,31)(H,27,30). The Bertz CT molecular complexity index is 1010. The summed E-state index contributed by atoms with van der Waals surface area (Å²) in [5.41, 5.74) is 0.587. The Morgan fingerprint density at radius 2 is 1.97 bits per heavy atom. The lowest BCUT2D eigenvalue weighted by Gasteiger charge is -2.29. The van der Waals surface area contributed by atoms with Crippen LogP contribution in [0.1, 0.15) is 43.4 Å². The largest absolute Gasteiger partial charge is 0.496 e. The van der Waals surface area contributed by atoms with Gasteiger partial charge in [-0.3, -0.25) is 9.59 Å². The molecule has 1 aromatic carbocycles. The summed E-state index contributed by atoms with van der Waals surface area (Å²) in [6.45, 7) is 7.54. The van der Waals surface area contributed by atoms with E-state index in [9.17, 15) is 14.0 Å². The second-order valence-electron chi connectivity index (χ2n) is 9.18. The minimum Gasteiger partial charge on any atom is -0.496 e. The lowest BCUT2D eigenvalue weighted by molar-refractivity contribution is -0.124. The average molecular weight is 446 g/mol. The van der Waals surface area contributed by atoms with Crippen LogP contribution in [0.15, 0.2) is 18.2 Å². The zero-order valence-electron chi connectivity index (χ0n) is 19.6. The molecule has 1 unspecified atom stereocenters. The summed E-state index contributed by atoms with van der Waals surface area (Å²) in [5.74, 6) is -0.527. The van der Waals surface area contributed by atoms with Crippen molar-refractivity contribution in [3.05, 3.63) is 35.4 Å². The number of hydrogen-bond donors (Lipinski definition) is 2. The van der Waals surface area contributed by atoms with Gasteiger partial charge in [0, 0.05) is 20.1 Å². The first-order valence-corrected chi connectivity index (χ1v) is 10.7. The lowest BCUT2D eigenvalue weighted by atomic mass is 9.86. The molecule has 3 rings (SSSR count). The molecule has 2 amide bonds. The molecule has 1 aromatic heterocycles. The topological polar surface area (TPSA) is 88.5 Å². The average Bonchev–Trinajstić information content (AvgIpc) is 2.95. The third kappa shape index (κ3) is 4.62. The van der Waals surface area contributed by atoms with E-state index in [0.29, 0.717) is 30.4 Å². The van der Waals surface area contributed by atoms with Crippen molar-refractivity contribution in [1.29, 1.82) is 0 Å². The minimum atomic E-state index is -0.757. The Labute approximate surface area is 188 Å². The van der Waals surface area contributed by atoms with Crippen molar-refractivity contribution in [3.63, 3.8) is 0 Å². The van der Waals surface area contributed by atoms with Crippen LogP contribution in [0, 0.1) is 11.2 Å². The Hall–Kier alpha value is -2.94. The number of benzene rings is 1. The van der Waals surface area contributed by atoms with Crippen molar-refractivity contribution in [2.45, 2.75) is 46.3 Å². The van der Waals surface area contributed by atoms with Crippen molar-refractivity contribution in [1.82, 2.24) is 25.1 Å². The number of nitrogens with zero attached hydrogens (tertiary/aromatic N) is 3. The summed E-state index contributed by atoms with van der Waals surface area (Å²) in [6.07, 6.45) is 0.827. The third-order valence-corrected chi connectivity index (χ3v) is 5.70. The number of carbonyl (C=O) groups is 2. The van der Waals surface area contributed by atoms with E-state index >= 15 is 0 Å². The van der Waals surface area contributed by atoms with E-state index in [1.807, 2.05) is 32.4 Å². The van der Waals surface area contributed by atoms with E-state index in [0.717, 1.165) is 13.0 Å². The molecule has 0 aliphatic carbocycles. The zero-order chi connectivity index (χ0) is 23.6. The maximum Gasteiger partial charge on any atom is 0.272 e. The smallest absolute Gasteiger partial charge is 0.272 e. The molecule has 1 aliphatic rings. The highest BCUT2D eigenvalue weighted by atomic mass is 19.1. The lowest BCUT2D eigenvalue weighted by Crippen LogP contribution is -2.53. The van der Waals surface area contributed by atoms with Crippen LogP contribution in [0.3, 0.4) is 0 Å². The quantitative estimate of drug-likeness (QED) is 0.738. The maximum atomic E-state index is 14.9. The van der Waals surface area contributed by atoms with E-state index in [2.05, 4.69) is 20.5 Å². The number of nitrogens with one attached hydrogen (secondary N) is 2. The fourth-order valence-electron chi connectivity index (χ4n) is 4.00. The summed E-state index contributed by atoms with van der Waals surface area (Å²) in [5, 5.41) is 5.45. The Kier molecular flexibility index (Phi) is 6.88. The minimum absolute atomic E-state index is 0.192. The van der Waals surface area contributed by atoms with Crippen LogP contribution in [-0.4, -0.2) is 60.1 Å². The van der Waals surface area contributed by atoms with E-state index in [1.165, 1.54) is 20.2 Å². The second-order valence-corrected chi connectivity index (χ2v) is 9.18. The number of carbonyl (C=O) groups excluding carboxylic acids is 2. The number of halogens is 1. The Morgan fingerprint density at radius 1 is 1.25 bits per heavy atom. The van der Waals surface area contributed by atoms with Crippen LogP contribution >= 0.6 is 0 Å². The molecule has 1 atom stereocenters. The number of imidazole rings is 1. The number of amides is 2. The SMILES string of the molecule is CNC(=O)C(NC(=O)c1nc(-c2c(F)cccc2OC)n2c1CN(C)CCC2)C(C)(C)C. The fourth-order valence-corrected chi connectivity index (χ4v) is 4.00. The summed E-state index contributed by atoms with van der Waals surface area (Å²) < 4.78 is 22.2. The maximum absolute atomic E-state index is 14.9. The molecule has 1 aliphatic heterocycles. The molecule has 0 fully saturated rings. The van der Waals surface area contributed by atoms with Gasteiger partial charge in [-0.05, 0) is 37.6 Å². The number of rotatable bonds is 5. The van der Waals surface area contributed by atoms with Crippen molar-refractivity contribution in [2.75, 3.05) is 27.7 Å². The van der Waals surface area contributed by atoms with Crippen molar-refractivity contribution in [2.24, 2.45) is 5.41 Å².